The monoisotopic (exact) mass is 476 g/mol. The summed E-state index contributed by atoms with van der Waals surface area (Å²) in [4.78, 5) is 38.2. The number of carboxylic acid groups (broad SMARTS) is 1. The second kappa shape index (κ2) is 9.72. The SMILES string of the molecule is O=C(NCCCCCC(=O)N1CCCC2CC21C(=O)O)OCC1c2ccccc2-c2ccccc21. The fraction of sp³-hybridized carbons (Fsp3) is 0.464. The van der Waals surface area contributed by atoms with Gasteiger partial charge in [0.05, 0.1) is 0 Å². The van der Waals surface area contributed by atoms with E-state index in [4.69, 9.17) is 4.74 Å². The van der Waals surface area contributed by atoms with E-state index in [2.05, 4.69) is 29.6 Å². The fourth-order valence-electron chi connectivity index (χ4n) is 5.96. The van der Waals surface area contributed by atoms with Crippen molar-refractivity contribution in [3.63, 3.8) is 0 Å². The molecule has 2 aliphatic carbocycles. The summed E-state index contributed by atoms with van der Waals surface area (Å²) in [5, 5.41) is 12.4. The molecule has 2 N–H and O–H groups in total. The predicted molar refractivity (Wildman–Crippen MR) is 131 cm³/mol. The summed E-state index contributed by atoms with van der Waals surface area (Å²) >= 11 is 0. The molecule has 2 aromatic carbocycles. The molecule has 2 unspecified atom stereocenters. The van der Waals surface area contributed by atoms with Crippen molar-refractivity contribution in [2.75, 3.05) is 19.7 Å². The number of aliphatic carboxylic acids is 1. The molecule has 2 atom stereocenters. The summed E-state index contributed by atoms with van der Waals surface area (Å²) in [6.07, 6.45) is 4.51. The first-order chi connectivity index (χ1) is 17.0. The maximum atomic E-state index is 12.6. The first kappa shape index (κ1) is 23.4. The third kappa shape index (κ3) is 4.40. The topological polar surface area (TPSA) is 95.9 Å². The van der Waals surface area contributed by atoms with Crippen LogP contribution in [-0.2, 0) is 14.3 Å². The number of alkyl carbamates (subject to hydrolysis) is 1. The molecule has 35 heavy (non-hydrogen) atoms. The number of unbranched alkanes of at least 4 members (excludes halogenated alkanes) is 2. The second-order valence-corrected chi connectivity index (χ2v) is 9.88. The van der Waals surface area contributed by atoms with E-state index in [-0.39, 0.29) is 24.3 Å². The van der Waals surface area contributed by atoms with Crippen LogP contribution in [0.4, 0.5) is 4.79 Å². The molecule has 0 aromatic heterocycles. The molecule has 1 aliphatic heterocycles. The molecule has 5 rings (SSSR count). The van der Waals surface area contributed by atoms with Crippen LogP contribution >= 0.6 is 0 Å². The minimum atomic E-state index is -0.930. The van der Waals surface area contributed by atoms with Crippen LogP contribution in [0.2, 0.25) is 0 Å². The molecule has 0 bridgehead atoms. The van der Waals surface area contributed by atoms with Gasteiger partial charge in [0.25, 0.3) is 0 Å². The van der Waals surface area contributed by atoms with E-state index in [0.29, 0.717) is 32.4 Å². The average Bonchev–Trinajstić information content (AvgIpc) is 3.55. The Morgan fingerprint density at radius 1 is 1.00 bits per heavy atom. The molecular formula is C28H32N2O5. The lowest BCUT2D eigenvalue weighted by Gasteiger charge is -2.33. The zero-order chi connectivity index (χ0) is 24.4. The maximum Gasteiger partial charge on any atom is 0.407 e. The first-order valence-corrected chi connectivity index (χ1v) is 12.6. The van der Waals surface area contributed by atoms with E-state index in [9.17, 15) is 19.5 Å². The zero-order valence-corrected chi connectivity index (χ0v) is 19.9. The molecule has 184 valence electrons. The Kier molecular flexibility index (Phi) is 6.50. The molecule has 1 saturated carbocycles. The summed E-state index contributed by atoms with van der Waals surface area (Å²) in [6, 6.07) is 16.5. The van der Waals surface area contributed by atoms with Crippen molar-refractivity contribution in [3.05, 3.63) is 59.7 Å². The van der Waals surface area contributed by atoms with Crippen LogP contribution < -0.4 is 5.32 Å². The Morgan fingerprint density at radius 3 is 2.37 bits per heavy atom. The second-order valence-electron chi connectivity index (χ2n) is 9.88. The fourth-order valence-corrected chi connectivity index (χ4v) is 5.96. The van der Waals surface area contributed by atoms with Crippen molar-refractivity contribution in [1.82, 2.24) is 10.2 Å². The quantitative estimate of drug-likeness (QED) is 0.518. The number of nitrogens with zero attached hydrogens (tertiary/aromatic N) is 1. The molecule has 2 amide bonds. The largest absolute Gasteiger partial charge is 0.479 e. The average molecular weight is 477 g/mol. The van der Waals surface area contributed by atoms with E-state index in [1.807, 2.05) is 24.3 Å². The Morgan fingerprint density at radius 2 is 1.69 bits per heavy atom. The van der Waals surface area contributed by atoms with Crippen molar-refractivity contribution >= 4 is 18.0 Å². The van der Waals surface area contributed by atoms with Crippen LogP contribution in [0.3, 0.4) is 0 Å². The van der Waals surface area contributed by atoms with Crippen LogP contribution in [0.1, 0.15) is 62.0 Å². The Labute approximate surface area is 205 Å². The van der Waals surface area contributed by atoms with Crippen molar-refractivity contribution in [2.45, 2.75) is 56.4 Å². The highest BCUT2D eigenvalue weighted by molar-refractivity contribution is 5.90. The minimum Gasteiger partial charge on any atom is -0.479 e. The van der Waals surface area contributed by atoms with Crippen LogP contribution in [0, 0.1) is 5.92 Å². The number of ether oxygens (including phenoxy) is 1. The lowest BCUT2D eigenvalue weighted by Crippen LogP contribution is -2.51. The van der Waals surface area contributed by atoms with Gasteiger partial charge in [-0.05, 0) is 60.3 Å². The third-order valence-corrected chi connectivity index (χ3v) is 7.84. The van der Waals surface area contributed by atoms with E-state index >= 15 is 0 Å². The minimum absolute atomic E-state index is 0.0362. The normalized spacial score (nSPS) is 22.1. The first-order valence-electron chi connectivity index (χ1n) is 12.6. The number of benzene rings is 2. The lowest BCUT2D eigenvalue weighted by atomic mass is 9.98. The van der Waals surface area contributed by atoms with Crippen LogP contribution in [-0.4, -0.2) is 53.2 Å². The number of hydrogen-bond donors (Lipinski definition) is 2. The van der Waals surface area contributed by atoms with Gasteiger partial charge in [-0.15, -0.1) is 0 Å². The van der Waals surface area contributed by atoms with E-state index in [1.165, 1.54) is 22.3 Å². The molecule has 3 aliphatic rings. The Hall–Kier alpha value is -3.35. The standard InChI is InChI=1S/C28H32N2O5/c31-25(30-16-8-9-19-17-28(19,30)26(32)33)14-2-1-7-15-29-27(34)35-18-24-22-12-5-3-10-20(22)21-11-4-6-13-23(21)24/h3-6,10-13,19,24H,1-2,7-9,14-18H2,(H,29,34)(H,32,33). The maximum absolute atomic E-state index is 12.6. The van der Waals surface area contributed by atoms with E-state index in [0.717, 1.165) is 25.7 Å². The van der Waals surface area contributed by atoms with Gasteiger partial charge in [-0.2, -0.15) is 0 Å². The number of amides is 2. The summed E-state index contributed by atoms with van der Waals surface area (Å²) in [5.74, 6) is -0.754. The molecular weight excluding hydrogens is 444 g/mol. The molecule has 1 saturated heterocycles. The molecule has 0 spiro atoms. The number of rotatable bonds is 9. The van der Waals surface area contributed by atoms with Gasteiger partial charge in [-0.25, -0.2) is 9.59 Å². The number of fused-ring (bicyclic) bond motifs is 4. The Bertz CT molecular complexity index is 1090. The van der Waals surface area contributed by atoms with Gasteiger partial charge >= 0.3 is 12.1 Å². The number of likely N-dealkylation sites (tertiary alicyclic amines) is 1. The molecule has 2 fully saturated rings. The Balaban J connectivity index is 1.01. The molecule has 7 heteroatoms. The third-order valence-electron chi connectivity index (χ3n) is 7.84. The van der Waals surface area contributed by atoms with Gasteiger partial charge in [0.15, 0.2) is 0 Å². The lowest BCUT2D eigenvalue weighted by molar-refractivity contribution is -0.154. The highest BCUT2D eigenvalue weighted by Crippen LogP contribution is 2.54. The summed E-state index contributed by atoms with van der Waals surface area (Å²) in [6.45, 7) is 1.32. The van der Waals surface area contributed by atoms with E-state index < -0.39 is 17.6 Å². The number of piperidine rings is 1. The van der Waals surface area contributed by atoms with Gasteiger partial charge in [-0.3, -0.25) is 4.79 Å². The molecule has 0 radical (unpaired) electrons. The van der Waals surface area contributed by atoms with Crippen molar-refractivity contribution < 1.29 is 24.2 Å². The van der Waals surface area contributed by atoms with Gasteiger partial charge < -0.3 is 20.1 Å². The molecule has 7 nitrogen and oxygen atoms in total. The summed E-state index contributed by atoms with van der Waals surface area (Å²) < 4.78 is 5.55. The highest BCUT2D eigenvalue weighted by Gasteiger charge is 2.66. The van der Waals surface area contributed by atoms with Gasteiger partial charge in [-0.1, -0.05) is 55.0 Å². The summed E-state index contributed by atoms with van der Waals surface area (Å²) in [7, 11) is 0. The van der Waals surface area contributed by atoms with Crippen LogP contribution in [0.5, 0.6) is 0 Å². The van der Waals surface area contributed by atoms with Crippen LogP contribution in [0.15, 0.2) is 48.5 Å². The molecule has 1 heterocycles. The zero-order valence-electron chi connectivity index (χ0n) is 19.9. The number of carboxylic acids is 1. The van der Waals surface area contributed by atoms with Gasteiger partial charge in [0.2, 0.25) is 5.91 Å². The van der Waals surface area contributed by atoms with E-state index in [1.54, 1.807) is 4.90 Å². The number of carbonyl (C=O) groups is 3. The number of hydrogen-bond acceptors (Lipinski definition) is 4. The van der Waals surface area contributed by atoms with Crippen molar-refractivity contribution in [3.8, 4) is 11.1 Å². The van der Waals surface area contributed by atoms with Crippen LogP contribution in [0.25, 0.3) is 11.1 Å². The smallest absolute Gasteiger partial charge is 0.407 e. The van der Waals surface area contributed by atoms with Crippen molar-refractivity contribution in [2.24, 2.45) is 5.92 Å². The summed E-state index contributed by atoms with van der Waals surface area (Å²) in [5.41, 5.74) is 3.83. The van der Waals surface area contributed by atoms with Gasteiger partial charge in [0, 0.05) is 25.4 Å². The number of carbonyl (C=O) groups excluding carboxylic acids is 2. The number of nitrogens with one attached hydrogen (secondary N) is 1. The predicted octanol–water partition coefficient (Wildman–Crippen LogP) is 4.55. The van der Waals surface area contributed by atoms with Crippen molar-refractivity contribution in [1.29, 1.82) is 0 Å². The van der Waals surface area contributed by atoms with Gasteiger partial charge in [0.1, 0.15) is 12.1 Å². The molecule has 2 aromatic rings. The highest BCUT2D eigenvalue weighted by atomic mass is 16.5.